The number of amides is 1. The van der Waals surface area contributed by atoms with Crippen molar-refractivity contribution in [1.29, 1.82) is 0 Å². The lowest BCUT2D eigenvalue weighted by Crippen LogP contribution is -2.47. The molecule has 0 radical (unpaired) electrons. The van der Waals surface area contributed by atoms with Crippen LogP contribution in [0.2, 0.25) is 0 Å². The zero-order valence-electron chi connectivity index (χ0n) is 20.8. The smallest absolute Gasteiger partial charge is 0.317 e. The molecule has 0 fully saturated rings. The average Bonchev–Trinajstić information content (AvgIpc) is 2.90. The summed E-state index contributed by atoms with van der Waals surface area (Å²) in [6, 6.07) is 26.8. The Morgan fingerprint density at radius 3 is 1.94 bits per heavy atom. The first kappa shape index (κ1) is 25.1. The lowest BCUT2D eigenvalue weighted by molar-refractivity contribution is -0.122. The van der Waals surface area contributed by atoms with Gasteiger partial charge in [-0.15, -0.1) is 0 Å². The van der Waals surface area contributed by atoms with Crippen molar-refractivity contribution in [2.24, 2.45) is 0 Å². The summed E-state index contributed by atoms with van der Waals surface area (Å²) >= 11 is 0. The topological polar surface area (TPSA) is 76.3 Å². The Bertz CT molecular complexity index is 1430. The number of carbonyl (C=O) groups excluding carboxylic acids is 1. The van der Waals surface area contributed by atoms with Crippen LogP contribution in [-0.2, 0) is 24.4 Å². The highest BCUT2D eigenvalue weighted by molar-refractivity contribution is 5.80. The molecule has 1 aromatic heterocycles. The van der Waals surface area contributed by atoms with E-state index in [9.17, 15) is 14.4 Å². The van der Waals surface area contributed by atoms with Crippen molar-refractivity contribution in [2.45, 2.75) is 39.0 Å². The monoisotopic (exact) mass is 484 g/mol. The molecular weight excluding hydrogens is 452 g/mol. The molecule has 0 saturated carbocycles. The van der Waals surface area contributed by atoms with Crippen molar-refractivity contribution in [3.05, 3.63) is 117 Å². The van der Waals surface area contributed by atoms with Crippen molar-refractivity contribution < 1.29 is 4.79 Å². The highest BCUT2D eigenvalue weighted by Gasteiger charge is 2.18. The molecule has 1 atom stereocenters. The number of fused-ring (bicyclic) bond motifs is 1. The summed E-state index contributed by atoms with van der Waals surface area (Å²) in [5.74, 6) is -0.289. The first-order valence-corrected chi connectivity index (χ1v) is 12.2. The molecule has 1 unspecified atom stereocenters. The van der Waals surface area contributed by atoms with Gasteiger partial charge in [0.05, 0.1) is 17.6 Å². The minimum Gasteiger partial charge on any atom is -0.351 e. The number of hydrogen-bond acceptors (Lipinski definition) is 4. The summed E-state index contributed by atoms with van der Waals surface area (Å²) in [5, 5.41) is 3.05. The normalized spacial score (nSPS) is 12.1. The van der Waals surface area contributed by atoms with Crippen molar-refractivity contribution in [1.82, 2.24) is 19.4 Å². The number of aromatic nitrogens is 2. The fourth-order valence-corrected chi connectivity index (χ4v) is 4.48. The molecule has 7 heteroatoms. The number of rotatable bonds is 10. The third-order valence-corrected chi connectivity index (χ3v) is 6.31. The number of para-hydroxylation sites is 2. The van der Waals surface area contributed by atoms with Crippen molar-refractivity contribution >= 4 is 16.9 Å². The van der Waals surface area contributed by atoms with Crippen molar-refractivity contribution in [3.8, 4) is 0 Å². The Morgan fingerprint density at radius 2 is 1.33 bits per heavy atom. The van der Waals surface area contributed by atoms with Crippen molar-refractivity contribution in [3.63, 3.8) is 0 Å². The Hall–Kier alpha value is -3.97. The van der Waals surface area contributed by atoms with E-state index in [1.54, 1.807) is 18.2 Å². The summed E-state index contributed by atoms with van der Waals surface area (Å²) in [5.41, 5.74) is 1.96. The molecule has 0 aliphatic heterocycles. The molecule has 0 aliphatic carbocycles. The van der Waals surface area contributed by atoms with Gasteiger partial charge in [-0.1, -0.05) is 79.7 Å². The summed E-state index contributed by atoms with van der Waals surface area (Å²) in [6.07, 6.45) is 0.749. The molecule has 4 rings (SSSR count). The van der Waals surface area contributed by atoms with Gasteiger partial charge in [-0.2, -0.15) is 0 Å². The molecule has 4 aromatic rings. The van der Waals surface area contributed by atoms with Gasteiger partial charge in [0.25, 0.3) is 0 Å². The second-order valence-corrected chi connectivity index (χ2v) is 9.11. The predicted molar refractivity (Wildman–Crippen MR) is 143 cm³/mol. The minimum absolute atomic E-state index is 0.0772. The van der Waals surface area contributed by atoms with E-state index in [0.717, 1.165) is 18.5 Å². The van der Waals surface area contributed by atoms with Gasteiger partial charge in [0.2, 0.25) is 5.91 Å². The van der Waals surface area contributed by atoms with E-state index >= 15 is 0 Å². The van der Waals surface area contributed by atoms with Crippen molar-refractivity contribution in [2.75, 3.05) is 13.6 Å². The van der Waals surface area contributed by atoms with Crippen LogP contribution < -0.4 is 16.4 Å². The van der Waals surface area contributed by atoms with E-state index < -0.39 is 11.1 Å². The average molecular weight is 485 g/mol. The van der Waals surface area contributed by atoms with E-state index in [1.807, 2.05) is 68.6 Å². The molecule has 1 amide bonds. The molecule has 0 saturated heterocycles. The van der Waals surface area contributed by atoms with E-state index in [1.165, 1.54) is 14.7 Å². The first-order valence-electron chi connectivity index (χ1n) is 12.2. The number of nitrogens with one attached hydrogen (secondary N) is 1. The predicted octanol–water partition coefficient (Wildman–Crippen LogP) is 3.24. The largest absolute Gasteiger partial charge is 0.351 e. The van der Waals surface area contributed by atoms with Crippen LogP contribution in [0.3, 0.4) is 0 Å². The molecule has 186 valence electrons. The number of likely N-dealkylation sites (N-methyl/N-ethyl adjacent to an activating group) is 1. The molecule has 1 heterocycles. The fourth-order valence-electron chi connectivity index (χ4n) is 4.48. The standard InChI is InChI=1S/C29H32N4O3/c1-3-24(20-31(2)18-22-12-6-4-7-13-22)30-27(34)21-33-26-17-11-10-16-25(26)32(28(35)29(33)36)19-23-14-8-5-9-15-23/h4-17,24H,3,18-21H2,1-2H3,(H,30,34). The number of benzene rings is 3. The third-order valence-electron chi connectivity index (χ3n) is 6.31. The maximum absolute atomic E-state index is 13.1. The molecule has 0 bridgehead atoms. The molecule has 3 aromatic carbocycles. The van der Waals surface area contributed by atoms with E-state index in [-0.39, 0.29) is 25.0 Å². The van der Waals surface area contributed by atoms with E-state index in [4.69, 9.17) is 0 Å². The lowest BCUT2D eigenvalue weighted by Gasteiger charge is -2.24. The molecule has 7 nitrogen and oxygen atoms in total. The summed E-state index contributed by atoms with van der Waals surface area (Å²) in [4.78, 5) is 41.4. The summed E-state index contributed by atoms with van der Waals surface area (Å²) in [6.45, 7) is 3.55. The van der Waals surface area contributed by atoms with Crippen LogP contribution in [-0.4, -0.2) is 39.6 Å². The maximum atomic E-state index is 13.1. The second-order valence-electron chi connectivity index (χ2n) is 9.11. The number of hydrogen-bond donors (Lipinski definition) is 1. The highest BCUT2D eigenvalue weighted by atomic mass is 16.2. The molecule has 1 N–H and O–H groups in total. The van der Waals surface area contributed by atoms with Crippen LogP contribution in [0.5, 0.6) is 0 Å². The van der Waals surface area contributed by atoms with Crippen LogP contribution in [0.1, 0.15) is 24.5 Å². The number of carbonyl (C=O) groups is 1. The van der Waals surface area contributed by atoms with E-state index in [0.29, 0.717) is 17.6 Å². The second kappa shape index (κ2) is 11.6. The Balaban J connectivity index is 1.52. The quantitative estimate of drug-likeness (QED) is 0.351. The van der Waals surface area contributed by atoms with Crippen LogP contribution in [0.4, 0.5) is 0 Å². The fraction of sp³-hybridized carbons (Fsp3) is 0.276. The molecule has 0 spiro atoms. The Morgan fingerprint density at radius 1 is 0.806 bits per heavy atom. The van der Waals surface area contributed by atoms with Crippen LogP contribution in [0.15, 0.2) is 94.5 Å². The first-order chi connectivity index (χ1) is 17.5. The van der Waals surface area contributed by atoms with Gasteiger partial charge in [-0.05, 0) is 36.7 Å². The zero-order chi connectivity index (χ0) is 25.5. The van der Waals surface area contributed by atoms with Gasteiger partial charge in [0.1, 0.15) is 6.54 Å². The Labute approximate surface area is 210 Å². The maximum Gasteiger partial charge on any atom is 0.317 e. The van der Waals surface area contributed by atoms with E-state index in [2.05, 4.69) is 22.3 Å². The number of nitrogens with zero attached hydrogens (tertiary/aromatic N) is 3. The Kier molecular flexibility index (Phi) is 8.13. The van der Waals surface area contributed by atoms with Gasteiger partial charge < -0.3 is 10.2 Å². The third kappa shape index (κ3) is 5.98. The highest BCUT2D eigenvalue weighted by Crippen LogP contribution is 2.13. The minimum atomic E-state index is -0.700. The van der Waals surface area contributed by atoms with Crippen LogP contribution >= 0.6 is 0 Å². The molecular formula is C29H32N4O3. The SMILES string of the molecule is CCC(CN(C)Cc1ccccc1)NC(=O)Cn1c(=O)c(=O)n(Cc2ccccc2)c2ccccc21. The van der Waals surface area contributed by atoms with Gasteiger partial charge in [-0.25, -0.2) is 0 Å². The summed E-state index contributed by atoms with van der Waals surface area (Å²) in [7, 11) is 2.02. The van der Waals surface area contributed by atoms with Crippen LogP contribution in [0.25, 0.3) is 11.0 Å². The lowest BCUT2D eigenvalue weighted by atomic mass is 10.1. The van der Waals surface area contributed by atoms with Crippen LogP contribution in [0, 0.1) is 0 Å². The summed E-state index contributed by atoms with van der Waals surface area (Å²) < 4.78 is 2.77. The molecule has 36 heavy (non-hydrogen) atoms. The van der Waals surface area contributed by atoms with Gasteiger partial charge >= 0.3 is 11.1 Å². The molecule has 0 aliphatic rings. The van der Waals surface area contributed by atoms with Gasteiger partial charge in [0, 0.05) is 19.1 Å². The van der Waals surface area contributed by atoms with Gasteiger partial charge in [-0.3, -0.25) is 23.5 Å². The zero-order valence-corrected chi connectivity index (χ0v) is 20.8. The van der Waals surface area contributed by atoms with Gasteiger partial charge in [0.15, 0.2) is 0 Å².